The monoisotopic (exact) mass is 262 g/mol. The summed E-state index contributed by atoms with van der Waals surface area (Å²) in [7, 11) is 0. The van der Waals surface area contributed by atoms with Gasteiger partial charge in [0.25, 0.3) is 0 Å². The van der Waals surface area contributed by atoms with Crippen molar-refractivity contribution in [2.24, 2.45) is 0 Å². The van der Waals surface area contributed by atoms with Crippen molar-refractivity contribution >= 4 is 17.1 Å². The lowest BCUT2D eigenvalue weighted by molar-refractivity contribution is 0.112. The Morgan fingerprint density at radius 1 is 1.00 bits per heavy atom. The van der Waals surface area contributed by atoms with Gasteiger partial charge in [0, 0.05) is 11.5 Å². The largest absolute Gasteiger partial charge is 0.298 e. The van der Waals surface area contributed by atoms with E-state index in [1.807, 2.05) is 18.2 Å². The number of allylic oxidation sites excluding steroid dienone is 4. The summed E-state index contributed by atoms with van der Waals surface area (Å²) >= 11 is 0. The Bertz CT molecular complexity index is 762. The highest BCUT2D eigenvalue weighted by atomic mass is 16.1. The standard InChI is InChI=1S/C19H18O/c1-12-8-13(2)19(14(12)3)18-10-16-7-5-4-6-15(16)9-17(18)11-20/h4-11,19H,1-3H3. The molecule has 1 aliphatic rings. The lowest BCUT2D eigenvalue weighted by Crippen LogP contribution is -2.03. The summed E-state index contributed by atoms with van der Waals surface area (Å²) < 4.78 is 0. The van der Waals surface area contributed by atoms with Crippen LogP contribution in [-0.4, -0.2) is 6.29 Å². The van der Waals surface area contributed by atoms with E-state index < -0.39 is 0 Å². The average Bonchev–Trinajstić information content (AvgIpc) is 2.70. The van der Waals surface area contributed by atoms with Crippen LogP contribution in [0.5, 0.6) is 0 Å². The average molecular weight is 262 g/mol. The molecule has 1 atom stereocenters. The first-order chi connectivity index (χ1) is 9.61. The van der Waals surface area contributed by atoms with Crippen LogP contribution in [0.15, 0.2) is 59.2 Å². The van der Waals surface area contributed by atoms with E-state index in [9.17, 15) is 4.79 Å². The Labute approximate surface area is 119 Å². The molecule has 0 spiro atoms. The van der Waals surface area contributed by atoms with Gasteiger partial charge in [0.05, 0.1) is 0 Å². The van der Waals surface area contributed by atoms with Crippen LogP contribution < -0.4 is 0 Å². The topological polar surface area (TPSA) is 17.1 Å². The molecule has 1 heteroatoms. The molecule has 0 bridgehead atoms. The zero-order valence-corrected chi connectivity index (χ0v) is 12.1. The second-order valence-electron chi connectivity index (χ2n) is 5.63. The van der Waals surface area contributed by atoms with Crippen molar-refractivity contribution in [1.82, 2.24) is 0 Å². The molecule has 0 N–H and O–H groups in total. The highest BCUT2D eigenvalue weighted by molar-refractivity contribution is 5.91. The number of carbonyl (C=O) groups excluding carboxylic acids is 1. The van der Waals surface area contributed by atoms with E-state index in [0.29, 0.717) is 0 Å². The van der Waals surface area contributed by atoms with E-state index in [4.69, 9.17) is 0 Å². The van der Waals surface area contributed by atoms with Gasteiger partial charge >= 0.3 is 0 Å². The van der Waals surface area contributed by atoms with Crippen molar-refractivity contribution in [3.63, 3.8) is 0 Å². The van der Waals surface area contributed by atoms with Crippen LogP contribution in [0.1, 0.15) is 42.6 Å². The van der Waals surface area contributed by atoms with Crippen molar-refractivity contribution in [1.29, 1.82) is 0 Å². The molecule has 1 aliphatic carbocycles. The van der Waals surface area contributed by atoms with Crippen molar-refractivity contribution in [3.8, 4) is 0 Å². The van der Waals surface area contributed by atoms with Crippen LogP contribution in [0.4, 0.5) is 0 Å². The van der Waals surface area contributed by atoms with Gasteiger partial charge in [-0.05, 0) is 49.2 Å². The predicted octanol–water partition coefficient (Wildman–Crippen LogP) is 5.03. The molecular formula is C19H18O. The van der Waals surface area contributed by atoms with Gasteiger partial charge in [-0.3, -0.25) is 4.79 Å². The Morgan fingerprint density at radius 2 is 1.65 bits per heavy atom. The molecule has 0 heterocycles. The van der Waals surface area contributed by atoms with Crippen LogP contribution in [0.2, 0.25) is 0 Å². The number of hydrogen-bond acceptors (Lipinski definition) is 1. The van der Waals surface area contributed by atoms with Gasteiger partial charge in [-0.1, -0.05) is 47.1 Å². The fourth-order valence-electron chi connectivity index (χ4n) is 3.21. The molecule has 100 valence electrons. The van der Waals surface area contributed by atoms with Gasteiger partial charge < -0.3 is 0 Å². The Balaban J connectivity index is 2.26. The number of hydrogen-bond donors (Lipinski definition) is 0. The molecule has 3 rings (SSSR count). The minimum absolute atomic E-state index is 0.250. The first-order valence-electron chi connectivity index (χ1n) is 6.95. The summed E-state index contributed by atoms with van der Waals surface area (Å²) in [6, 6.07) is 12.4. The zero-order valence-electron chi connectivity index (χ0n) is 12.1. The number of carbonyl (C=O) groups is 1. The molecule has 1 nitrogen and oxygen atoms in total. The molecule has 2 aromatic carbocycles. The van der Waals surface area contributed by atoms with Gasteiger partial charge in [0.1, 0.15) is 6.29 Å². The molecule has 2 aromatic rings. The van der Waals surface area contributed by atoms with Crippen LogP contribution in [0, 0.1) is 0 Å². The number of benzene rings is 2. The zero-order chi connectivity index (χ0) is 14.3. The van der Waals surface area contributed by atoms with Gasteiger partial charge in [-0.15, -0.1) is 0 Å². The fourth-order valence-corrected chi connectivity index (χ4v) is 3.21. The van der Waals surface area contributed by atoms with Crippen molar-refractivity contribution in [3.05, 3.63) is 70.3 Å². The van der Waals surface area contributed by atoms with Gasteiger partial charge in [-0.25, -0.2) is 0 Å². The maximum atomic E-state index is 11.5. The first kappa shape index (κ1) is 12.9. The molecule has 0 amide bonds. The smallest absolute Gasteiger partial charge is 0.150 e. The lowest BCUT2D eigenvalue weighted by Gasteiger charge is -2.18. The van der Waals surface area contributed by atoms with Crippen molar-refractivity contribution < 1.29 is 4.79 Å². The van der Waals surface area contributed by atoms with E-state index >= 15 is 0 Å². The Kier molecular flexibility index (Phi) is 3.06. The maximum Gasteiger partial charge on any atom is 0.150 e. The van der Waals surface area contributed by atoms with Crippen LogP contribution >= 0.6 is 0 Å². The summed E-state index contributed by atoms with van der Waals surface area (Å²) in [5.74, 6) is 0.250. The summed E-state index contributed by atoms with van der Waals surface area (Å²) in [5.41, 5.74) is 5.91. The summed E-state index contributed by atoms with van der Waals surface area (Å²) in [4.78, 5) is 11.5. The number of fused-ring (bicyclic) bond motifs is 1. The van der Waals surface area contributed by atoms with Crippen LogP contribution in [0.25, 0.3) is 10.8 Å². The quantitative estimate of drug-likeness (QED) is 0.693. The summed E-state index contributed by atoms with van der Waals surface area (Å²) in [6.45, 7) is 6.45. The molecule has 20 heavy (non-hydrogen) atoms. The van der Waals surface area contributed by atoms with E-state index in [-0.39, 0.29) is 5.92 Å². The van der Waals surface area contributed by atoms with Crippen molar-refractivity contribution in [2.75, 3.05) is 0 Å². The minimum Gasteiger partial charge on any atom is -0.298 e. The first-order valence-corrected chi connectivity index (χ1v) is 6.95. The lowest BCUT2D eigenvalue weighted by atomic mass is 9.85. The van der Waals surface area contributed by atoms with E-state index in [0.717, 1.165) is 22.8 Å². The molecule has 0 aliphatic heterocycles. The van der Waals surface area contributed by atoms with Crippen molar-refractivity contribution in [2.45, 2.75) is 26.7 Å². The third-order valence-corrected chi connectivity index (χ3v) is 4.34. The normalized spacial score (nSPS) is 18.6. The second-order valence-corrected chi connectivity index (χ2v) is 5.63. The number of aldehydes is 1. The highest BCUT2D eigenvalue weighted by Gasteiger charge is 2.24. The minimum atomic E-state index is 0.250. The molecule has 0 aromatic heterocycles. The third kappa shape index (κ3) is 1.90. The van der Waals surface area contributed by atoms with E-state index in [1.54, 1.807) is 0 Å². The molecule has 0 radical (unpaired) electrons. The van der Waals surface area contributed by atoms with E-state index in [1.165, 1.54) is 22.1 Å². The van der Waals surface area contributed by atoms with Crippen LogP contribution in [0.3, 0.4) is 0 Å². The Morgan fingerprint density at radius 3 is 2.20 bits per heavy atom. The third-order valence-electron chi connectivity index (χ3n) is 4.34. The van der Waals surface area contributed by atoms with Crippen LogP contribution in [-0.2, 0) is 0 Å². The predicted molar refractivity (Wildman–Crippen MR) is 84.2 cm³/mol. The second kappa shape index (κ2) is 4.75. The molecule has 0 fully saturated rings. The van der Waals surface area contributed by atoms with E-state index in [2.05, 4.69) is 45.0 Å². The molecule has 1 unspecified atom stereocenters. The molecule has 0 saturated heterocycles. The molecular weight excluding hydrogens is 244 g/mol. The van der Waals surface area contributed by atoms with Gasteiger partial charge in [-0.2, -0.15) is 0 Å². The van der Waals surface area contributed by atoms with Gasteiger partial charge in [0.15, 0.2) is 0 Å². The summed E-state index contributed by atoms with van der Waals surface area (Å²) in [5, 5.41) is 2.31. The highest BCUT2D eigenvalue weighted by Crippen LogP contribution is 2.41. The maximum absolute atomic E-state index is 11.5. The fraction of sp³-hybridized carbons (Fsp3) is 0.211. The Hall–Kier alpha value is -2.15. The summed E-state index contributed by atoms with van der Waals surface area (Å²) in [6.07, 6.45) is 3.21. The SMILES string of the molecule is CC1=CC(C)=C(C)C1c1cc2ccccc2cc1C=O. The molecule has 0 saturated carbocycles. The van der Waals surface area contributed by atoms with Gasteiger partial charge in [0.2, 0.25) is 0 Å². The number of rotatable bonds is 2.